The Kier molecular flexibility index (Phi) is 3.26. The summed E-state index contributed by atoms with van der Waals surface area (Å²) in [7, 11) is 1.69. The third-order valence-electron chi connectivity index (χ3n) is 1.73. The summed E-state index contributed by atoms with van der Waals surface area (Å²) in [5, 5.41) is 15.4. The highest BCUT2D eigenvalue weighted by atomic mass is 16.4. The Balaban J connectivity index is 2.69. The molecule has 0 aliphatic heterocycles. The van der Waals surface area contributed by atoms with Crippen molar-refractivity contribution in [1.29, 1.82) is 0 Å². The number of terminal acetylenes is 1. The average molecular weight is 193 g/mol. The second-order valence-corrected chi connectivity index (χ2v) is 2.76. The lowest BCUT2D eigenvalue weighted by molar-refractivity contribution is 0.0689. The maximum atomic E-state index is 10.6. The normalized spacial score (nSPS) is 9.71. The van der Waals surface area contributed by atoms with Crippen LogP contribution in [0.2, 0.25) is 0 Å². The van der Waals surface area contributed by atoms with Crippen LogP contribution >= 0.6 is 0 Å². The Hall–Kier alpha value is -1.80. The summed E-state index contributed by atoms with van der Waals surface area (Å²) >= 11 is 0. The standard InChI is InChI=1S/C9H11N3O2/c1-3-4-10-6-7-5-8(9(13)14)11-12(7)2/h1,5,10H,4,6H2,2H3,(H,13,14). The van der Waals surface area contributed by atoms with Crippen molar-refractivity contribution in [2.24, 2.45) is 7.05 Å². The molecule has 0 atom stereocenters. The third kappa shape index (κ3) is 2.34. The molecule has 0 amide bonds. The molecule has 5 nitrogen and oxygen atoms in total. The van der Waals surface area contributed by atoms with Gasteiger partial charge in [-0.1, -0.05) is 5.92 Å². The average Bonchev–Trinajstić information content (AvgIpc) is 2.49. The molecule has 0 saturated carbocycles. The van der Waals surface area contributed by atoms with Crippen molar-refractivity contribution in [2.45, 2.75) is 6.54 Å². The summed E-state index contributed by atoms with van der Waals surface area (Å²) in [4.78, 5) is 10.6. The fourth-order valence-corrected chi connectivity index (χ4v) is 1.04. The highest BCUT2D eigenvalue weighted by Crippen LogP contribution is 2.02. The van der Waals surface area contributed by atoms with E-state index in [2.05, 4.69) is 16.3 Å². The van der Waals surface area contributed by atoms with E-state index < -0.39 is 5.97 Å². The SMILES string of the molecule is C#CCNCc1cc(C(=O)O)nn1C. The Morgan fingerprint density at radius 1 is 1.86 bits per heavy atom. The number of nitrogens with one attached hydrogen (secondary N) is 1. The van der Waals surface area contributed by atoms with Crippen LogP contribution in [0, 0.1) is 12.3 Å². The minimum atomic E-state index is -1.02. The summed E-state index contributed by atoms with van der Waals surface area (Å²) in [6.45, 7) is 0.967. The molecule has 1 rings (SSSR count). The number of hydrogen-bond donors (Lipinski definition) is 2. The highest BCUT2D eigenvalue weighted by molar-refractivity contribution is 5.85. The van der Waals surface area contributed by atoms with Crippen LogP contribution in [-0.4, -0.2) is 27.4 Å². The molecule has 0 unspecified atom stereocenters. The van der Waals surface area contributed by atoms with Crippen LogP contribution < -0.4 is 5.32 Å². The minimum absolute atomic E-state index is 0.0463. The van der Waals surface area contributed by atoms with Gasteiger partial charge in [-0.3, -0.25) is 4.68 Å². The van der Waals surface area contributed by atoms with Crippen LogP contribution in [0.4, 0.5) is 0 Å². The molecule has 0 aromatic carbocycles. The fourth-order valence-electron chi connectivity index (χ4n) is 1.04. The summed E-state index contributed by atoms with van der Waals surface area (Å²) in [6.07, 6.45) is 5.06. The van der Waals surface area contributed by atoms with Gasteiger partial charge in [0.05, 0.1) is 12.2 Å². The summed E-state index contributed by atoms with van der Waals surface area (Å²) in [5.74, 6) is 1.41. The first-order chi connectivity index (χ1) is 6.65. The Bertz CT molecular complexity index is 376. The lowest BCUT2D eigenvalue weighted by atomic mass is 10.3. The van der Waals surface area contributed by atoms with Gasteiger partial charge < -0.3 is 10.4 Å². The van der Waals surface area contributed by atoms with Crippen LogP contribution in [0.5, 0.6) is 0 Å². The van der Waals surface area contributed by atoms with Gasteiger partial charge in [-0.05, 0) is 6.07 Å². The van der Waals surface area contributed by atoms with E-state index in [1.54, 1.807) is 7.05 Å². The van der Waals surface area contributed by atoms with Crippen molar-refractivity contribution in [2.75, 3.05) is 6.54 Å². The van der Waals surface area contributed by atoms with Crippen LogP contribution in [0.3, 0.4) is 0 Å². The second-order valence-electron chi connectivity index (χ2n) is 2.76. The van der Waals surface area contributed by atoms with Crippen molar-refractivity contribution in [3.8, 4) is 12.3 Å². The topological polar surface area (TPSA) is 67.2 Å². The number of hydrogen-bond acceptors (Lipinski definition) is 3. The number of carbonyl (C=O) groups is 1. The first kappa shape index (κ1) is 10.3. The largest absolute Gasteiger partial charge is 0.476 e. The second kappa shape index (κ2) is 4.44. The van der Waals surface area contributed by atoms with E-state index >= 15 is 0 Å². The first-order valence-corrected chi connectivity index (χ1v) is 4.05. The molecule has 0 aliphatic carbocycles. The van der Waals surface area contributed by atoms with Crippen molar-refractivity contribution < 1.29 is 9.90 Å². The van der Waals surface area contributed by atoms with Gasteiger partial charge in [-0.2, -0.15) is 5.10 Å². The zero-order valence-electron chi connectivity index (χ0n) is 7.82. The predicted octanol–water partition coefficient (Wildman–Crippen LogP) is -0.159. The van der Waals surface area contributed by atoms with Crippen LogP contribution in [0.25, 0.3) is 0 Å². The van der Waals surface area contributed by atoms with E-state index in [1.165, 1.54) is 10.7 Å². The van der Waals surface area contributed by atoms with Crippen molar-refractivity contribution in [3.63, 3.8) is 0 Å². The number of carboxylic acid groups (broad SMARTS) is 1. The van der Waals surface area contributed by atoms with Gasteiger partial charge >= 0.3 is 5.97 Å². The molecule has 0 saturated heterocycles. The number of aromatic carboxylic acids is 1. The van der Waals surface area contributed by atoms with E-state index in [0.29, 0.717) is 13.1 Å². The number of carboxylic acids is 1. The van der Waals surface area contributed by atoms with Crippen molar-refractivity contribution in [1.82, 2.24) is 15.1 Å². The van der Waals surface area contributed by atoms with E-state index in [9.17, 15) is 4.79 Å². The molecule has 0 bridgehead atoms. The zero-order chi connectivity index (χ0) is 10.6. The molecule has 74 valence electrons. The van der Waals surface area contributed by atoms with Crippen LogP contribution in [0.1, 0.15) is 16.2 Å². The fraction of sp³-hybridized carbons (Fsp3) is 0.333. The van der Waals surface area contributed by atoms with Gasteiger partial charge in [0.25, 0.3) is 0 Å². The smallest absolute Gasteiger partial charge is 0.356 e. The van der Waals surface area contributed by atoms with Crippen LogP contribution in [0.15, 0.2) is 6.07 Å². The molecule has 5 heteroatoms. The number of rotatable bonds is 4. The zero-order valence-corrected chi connectivity index (χ0v) is 7.82. The monoisotopic (exact) mass is 193 g/mol. The lowest BCUT2D eigenvalue weighted by Crippen LogP contribution is -2.15. The number of aromatic nitrogens is 2. The first-order valence-electron chi connectivity index (χ1n) is 4.05. The molecule has 1 heterocycles. The number of nitrogens with zero attached hydrogens (tertiary/aromatic N) is 2. The predicted molar refractivity (Wildman–Crippen MR) is 50.7 cm³/mol. The van der Waals surface area contributed by atoms with Crippen molar-refractivity contribution in [3.05, 3.63) is 17.5 Å². The molecule has 0 radical (unpaired) electrons. The molecule has 1 aromatic rings. The maximum absolute atomic E-state index is 10.6. The number of aryl methyl sites for hydroxylation is 1. The molecule has 14 heavy (non-hydrogen) atoms. The van der Waals surface area contributed by atoms with E-state index in [0.717, 1.165) is 5.69 Å². The molecule has 2 N–H and O–H groups in total. The van der Waals surface area contributed by atoms with Crippen LogP contribution in [-0.2, 0) is 13.6 Å². The summed E-state index contributed by atoms with van der Waals surface area (Å²) < 4.78 is 1.52. The van der Waals surface area contributed by atoms with Gasteiger partial charge in [0.1, 0.15) is 0 Å². The van der Waals surface area contributed by atoms with E-state index in [4.69, 9.17) is 11.5 Å². The van der Waals surface area contributed by atoms with Gasteiger partial charge in [0, 0.05) is 13.6 Å². The Morgan fingerprint density at radius 3 is 3.07 bits per heavy atom. The molecule has 1 aromatic heterocycles. The van der Waals surface area contributed by atoms with E-state index in [1.807, 2.05) is 0 Å². The van der Waals surface area contributed by atoms with Crippen molar-refractivity contribution >= 4 is 5.97 Å². The van der Waals surface area contributed by atoms with Gasteiger partial charge in [-0.15, -0.1) is 6.42 Å². The minimum Gasteiger partial charge on any atom is -0.476 e. The molecular weight excluding hydrogens is 182 g/mol. The molecular formula is C9H11N3O2. The van der Waals surface area contributed by atoms with Gasteiger partial charge in [0.2, 0.25) is 0 Å². The Labute approximate surface area is 81.7 Å². The molecule has 0 spiro atoms. The van der Waals surface area contributed by atoms with E-state index in [-0.39, 0.29) is 5.69 Å². The van der Waals surface area contributed by atoms with Gasteiger partial charge in [0.15, 0.2) is 5.69 Å². The lowest BCUT2D eigenvalue weighted by Gasteiger charge is -2.00. The summed E-state index contributed by atoms with van der Waals surface area (Å²) in [5.41, 5.74) is 0.836. The highest BCUT2D eigenvalue weighted by Gasteiger charge is 2.09. The maximum Gasteiger partial charge on any atom is 0.356 e. The Morgan fingerprint density at radius 2 is 2.57 bits per heavy atom. The summed E-state index contributed by atoms with van der Waals surface area (Å²) in [6, 6.07) is 1.52. The molecule has 0 aliphatic rings. The third-order valence-corrected chi connectivity index (χ3v) is 1.73. The molecule has 0 fully saturated rings. The quantitative estimate of drug-likeness (QED) is 0.515. The van der Waals surface area contributed by atoms with Gasteiger partial charge in [-0.25, -0.2) is 4.79 Å².